The van der Waals surface area contributed by atoms with Crippen molar-refractivity contribution in [2.24, 2.45) is 0 Å². The van der Waals surface area contributed by atoms with Gasteiger partial charge in [0.15, 0.2) is 0 Å². The summed E-state index contributed by atoms with van der Waals surface area (Å²) in [5.74, 6) is -1.24. The second-order valence-electron chi connectivity index (χ2n) is 4.23. The Morgan fingerprint density at radius 2 is 2.10 bits per heavy atom. The largest absolute Gasteiger partial charge is 0.477 e. The van der Waals surface area contributed by atoms with E-state index in [0.29, 0.717) is 0 Å². The van der Waals surface area contributed by atoms with Crippen LogP contribution < -0.4 is 4.72 Å². The van der Waals surface area contributed by atoms with Gasteiger partial charge in [0.05, 0.1) is 0 Å². The van der Waals surface area contributed by atoms with E-state index >= 15 is 0 Å². The Bertz CT molecular complexity index is 734. The minimum absolute atomic E-state index is 0.124. The van der Waals surface area contributed by atoms with Crippen LogP contribution in [-0.4, -0.2) is 19.5 Å². The van der Waals surface area contributed by atoms with Crippen molar-refractivity contribution >= 4 is 27.3 Å². The Morgan fingerprint density at radius 1 is 1.35 bits per heavy atom. The molecule has 0 aliphatic heterocycles. The van der Waals surface area contributed by atoms with Crippen LogP contribution in [0.25, 0.3) is 0 Å². The summed E-state index contributed by atoms with van der Waals surface area (Å²) >= 11 is 0.890. The first-order valence-electron chi connectivity index (χ1n) is 5.76. The van der Waals surface area contributed by atoms with Crippen molar-refractivity contribution in [2.75, 3.05) is 0 Å². The van der Waals surface area contributed by atoms with E-state index in [0.717, 1.165) is 22.5 Å². The van der Waals surface area contributed by atoms with E-state index in [1.807, 2.05) is 25.1 Å². The highest BCUT2D eigenvalue weighted by atomic mass is 32.2. The molecule has 1 aromatic heterocycles. The Balaban J connectivity index is 2.19. The number of aromatic carboxylic acids is 1. The number of hydrogen-bond donors (Lipinski definition) is 2. The molecule has 0 bridgehead atoms. The molecule has 0 spiro atoms. The summed E-state index contributed by atoms with van der Waals surface area (Å²) in [7, 11) is -3.82. The third kappa shape index (κ3) is 3.24. The average Bonchev–Trinajstić information content (AvgIpc) is 2.87. The van der Waals surface area contributed by atoms with Gasteiger partial charge in [-0.25, -0.2) is 17.9 Å². The normalized spacial score (nSPS) is 11.4. The summed E-state index contributed by atoms with van der Waals surface area (Å²) < 4.78 is 26.6. The lowest BCUT2D eigenvalue weighted by atomic mass is 10.1. The number of aryl methyl sites for hydroxylation is 1. The van der Waals surface area contributed by atoms with Crippen LogP contribution in [0.15, 0.2) is 40.6 Å². The molecule has 20 heavy (non-hydrogen) atoms. The van der Waals surface area contributed by atoms with Gasteiger partial charge in [-0.3, -0.25) is 0 Å². The first-order chi connectivity index (χ1) is 9.40. The third-order valence-corrected chi connectivity index (χ3v) is 5.14. The van der Waals surface area contributed by atoms with E-state index in [1.54, 1.807) is 6.07 Å². The Morgan fingerprint density at radius 3 is 2.75 bits per heavy atom. The molecule has 2 N–H and O–H groups in total. The molecule has 2 rings (SSSR count). The highest BCUT2D eigenvalue weighted by Gasteiger charge is 2.23. The van der Waals surface area contributed by atoms with Gasteiger partial charge in [0.1, 0.15) is 9.77 Å². The van der Waals surface area contributed by atoms with E-state index in [9.17, 15) is 13.2 Å². The van der Waals surface area contributed by atoms with Crippen molar-refractivity contribution < 1.29 is 18.3 Å². The molecule has 0 saturated heterocycles. The highest BCUT2D eigenvalue weighted by Crippen LogP contribution is 2.22. The summed E-state index contributed by atoms with van der Waals surface area (Å²) in [6.45, 7) is 2.04. The highest BCUT2D eigenvalue weighted by molar-refractivity contribution is 7.89. The van der Waals surface area contributed by atoms with Crippen LogP contribution in [0.1, 0.15) is 20.8 Å². The van der Waals surface area contributed by atoms with Crippen LogP contribution in [-0.2, 0) is 16.6 Å². The van der Waals surface area contributed by atoms with Crippen LogP contribution in [0.4, 0.5) is 0 Å². The van der Waals surface area contributed by atoms with Crippen LogP contribution >= 0.6 is 11.3 Å². The third-order valence-electron chi connectivity index (χ3n) is 2.66. The quantitative estimate of drug-likeness (QED) is 0.887. The molecule has 0 radical (unpaired) electrons. The number of carboxylic acids is 1. The monoisotopic (exact) mass is 311 g/mol. The fourth-order valence-corrected chi connectivity index (χ4v) is 4.02. The zero-order chi connectivity index (χ0) is 14.8. The molecule has 0 saturated carbocycles. The summed E-state index contributed by atoms with van der Waals surface area (Å²) in [5.41, 5.74) is 1.85. The van der Waals surface area contributed by atoms with Crippen molar-refractivity contribution in [1.82, 2.24) is 4.72 Å². The number of rotatable bonds is 5. The molecule has 0 amide bonds. The maximum Gasteiger partial charge on any atom is 0.347 e. The Hall–Kier alpha value is -1.70. The lowest BCUT2D eigenvalue weighted by Crippen LogP contribution is -2.24. The number of carbonyl (C=O) groups is 1. The topological polar surface area (TPSA) is 83.5 Å². The molecule has 5 nitrogen and oxygen atoms in total. The number of benzene rings is 1. The summed E-state index contributed by atoms with van der Waals surface area (Å²) in [4.78, 5) is 10.6. The fourth-order valence-electron chi connectivity index (χ4n) is 1.74. The maximum atomic E-state index is 12.1. The number of sulfonamides is 1. The minimum atomic E-state index is -3.82. The van der Waals surface area contributed by atoms with E-state index in [4.69, 9.17) is 5.11 Å². The molecular weight excluding hydrogens is 298 g/mol. The van der Waals surface area contributed by atoms with E-state index in [1.165, 1.54) is 11.4 Å². The van der Waals surface area contributed by atoms with Crippen molar-refractivity contribution in [1.29, 1.82) is 0 Å². The van der Waals surface area contributed by atoms with Gasteiger partial charge in [-0.15, -0.1) is 11.3 Å². The van der Waals surface area contributed by atoms with Crippen LogP contribution in [0.5, 0.6) is 0 Å². The number of hydrogen-bond acceptors (Lipinski definition) is 4. The van der Waals surface area contributed by atoms with Gasteiger partial charge in [-0.1, -0.05) is 29.8 Å². The first kappa shape index (κ1) is 14.7. The van der Waals surface area contributed by atoms with Crippen molar-refractivity contribution in [3.8, 4) is 0 Å². The molecule has 1 aromatic carbocycles. The number of nitrogens with one attached hydrogen (secondary N) is 1. The predicted molar refractivity (Wildman–Crippen MR) is 76.5 cm³/mol. The zero-order valence-electron chi connectivity index (χ0n) is 10.7. The van der Waals surface area contributed by atoms with Gasteiger partial charge < -0.3 is 5.11 Å². The minimum Gasteiger partial charge on any atom is -0.477 e. The lowest BCUT2D eigenvalue weighted by Gasteiger charge is -2.07. The molecule has 0 aliphatic rings. The first-order valence-corrected chi connectivity index (χ1v) is 8.12. The summed E-state index contributed by atoms with van der Waals surface area (Å²) in [6.07, 6.45) is 0. The molecule has 0 fully saturated rings. The van der Waals surface area contributed by atoms with Gasteiger partial charge in [0.25, 0.3) is 0 Å². The van der Waals surface area contributed by atoms with Crippen molar-refractivity contribution in [2.45, 2.75) is 18.4 Å². The van der Waals surface area contributed by atoms with Crippen LogP contribution in [0.3, 0.4) is 0 Å². The van der Waals surface area contributed by atoms with E-state index < -0.39 is 16.0 Å². The lowest BCUT2D eigenvalue weighted by molar-refractivity contribution is 0.0698. The summed E-state index contributed by atoms with van der Waals surface area (Å²) in [6, 6.07) is 8.73. The average molecular weight is 311 g/mol. The second-order valence-corrected chi connectivity index (χ2v) is 6.88. The van der Waals surface area contributed by atoms with Crippen molar-refractivity contribution in [3.05, 3.63) is 51.7 Å². The van der Waals surface area contributed by atoms with E-state index in [-0.39, 0.29) is 16.3 Å². The molecule has 7 heteroatoms. The molecular formula is C13H13NO4S2. The Labute approximate surface area is 120 Å². The van der Waals surface area contributed by atoms with Crippen LogP contribution in [0, 0.1) is 6.92 Å². The molecule has 106 valence electrons. The zero-order valence-corrected chi connectivity index (χ0v) is 12.3. The molecule has 0 atom stereocenters. The van der Waals surface area contributed by atoms with Crippen molar-refractivity contribution in [3.63, 3.8) is 0 Å². The molecule has 0 unspecified atom stereocenters. The smallest absolute Gasteiger partial charge is 0.347 e. The van der Waals surface area contributed by atoms with Gasteiger partial charge in [0, 0.05) is 6.54 Å². The van der Waals surface area contributed by atoms with Gasteiger partial charge in [-0.05, 0) is 23.9 Å². The van der Waals surface area contributed by atoms with E-state index in [2.05, 4.69) is 4.72 Å². The van der Waals surface area contributed by atoms with Gasteiger partial charge in [-0.2, -0.15) is 0 Å². The SMILES string of the molecule is Cc1cccc(CNS(=O)(=O)c2ccsc2C(=O)O)c1. The Kier molecular flexibility index (Phi) is 4.22. The van der Waals surface area contributed by atoms with Gasteiger partial charge in [0.2, 0.25) is 10.0 Å². The summed E-state index contributed by atoms with van der Waals surface area (Å²) in [5, 5.41) is 10.4. The molecule has 0 aliphatic carbocycles. The molecule has 2 aromatic rings. The fraction of sp³-hybridized carbons (Fsp3) is 0.154. The maximum absolute atomic E-state index is 12.1. The molecule has 1 heterocycles. The van der Waals surface area contributed by atoms with Gasteiger partial charge >= 0.3 is 5.97 Å². The second kappa shape index (κ2) is 5.74. The van der Waals surface area contributed by atoms with Crippen LogP contribution in [0.2, 0.25) is 0 Å². The standard InChI is InChI=1S/C13H13NO4S2/c1-9-3-2-4-10(7-9)8-14-20(17,18)11-5-6-19-12(11)13(15)16/h2-7,14H,8H2,1H3,(H,15,16). The number of carboxylic acid groups (broad SMARTS) is 1. The predicted octanol–water partition coefficient (Wildman–Crippen LogP) is 2.23. The number of thiophene rings is 1.